The molecule has 1 fully saturated rings. The minimum Gasteiger partial charge on any atom is -0.308 e. The van der Waals surface area contributed by atoms with Gasteiger partial charge in [-0.1, -0.05) is 25.0 Å². The van der Waals surface area contributed by atoms with Gasteiger partial charge in [0.25, 0.3) is 0 Å². The standard InChI is InChI=1S/C24H26N2S4/c1-2-6-20(26-16-18-10-12-24(30-18)22-8-4-14-28-22)19(5-1)25-15-17-9-11-23(29-17)21-7-3-13-27-21/h3-4,7-14,19-20,25-26H,1-2,5-6,15-16H2. The first-order valence-corrected chi connectivity index (χ1v) is 14.0. The van der Waals surface area contributed by atoms with Crippen LogP contribution < -0.4 is 10.6 Å². The largest absolute Gasteiger partial charge is 0.308 e. The van der Waals surface area contributed by atoms with Crippen molar-refractivity contribution in [3.63, 3.8) is 0 Å². The Kier molecular flexibility index (Phi) is 6.80. The summed E-state index contributed by atoms with van der Waals surface area (Å²) in [4.78, 5) is 8.39. The van der Waals surface area contributed by atoms with Crippen LogP contribution in [0.5, 0.6) is 0 Å². The van der Waals surface area contributed by atoms with E-state index in [0.717, 1.165) is 13.1 Å². The molecule has 0 amide bonds. The highest BCUT2D eigenvalue weighted by Crippen LogP contribution is 2.33. The molecule has 1 aliphatic carbocycles. The third-order valence-corrected chi connectivity index (χ3v) is 10.00. The van der Waals surface area contributed by atoms with Crippen molar-refractivity contribution in [2.24, 2.45) is 0 Å². The van der Waals surface area contributed by atoms with Crippen molar-refractivity contribution < 1.29 is 0 Å². The van der Waals surface area contributed by atoms with Gasteiger partial charge in [-0.3, -0.25) is 0 Å². The van der Waals surface area contributed by atoms with E-state index in [1.54, 1.807) is 0 Å². The van der Waals surface area contributed by atoms with Crippen molar-refractivity contribution >= 4 is 45.3 Å². The number of nitrogens with one attached hydrogen (secondary N) is 2. The molecule has 0 radical (unpaired) electrons. The van der Waals surface area contributed by atoms with E-state index in [9.17, 15) is 0 Å². The average molecular weight is 471 g/mol. The quantitative estimate of drug-likeness (QED) is 0.279. The second-order valence-corrected chi connectivity index (χ2v) is 12.0. The zero-order chi connectivity index (χ0) is 20.2. The molecule has 2 unspecified atom stereocenters. The van der Waals surface area contributed by atoms with Crippen LogP contribution in [0, 0.1) is 0 Å². The predicted octanol–water partition coefficient (Wildman–Crippen LogP) is 7.46. The summed E-state index contributed by atoms with van der Waals surface area (Å²) < 4.78 is 0. The summed E-state index contributed by atoms with van der Waals surface area (Å²) in [6.07, 6.45) is 5.21. The normalized spacial score (nSPS) is 19.3. The number of thiophene rings is 4. The van der Waals surface area contributed by atoms with Crippen LogP contribution in [0.3, 0.4) is 0 Å². The number of hydrogen-bond donors (Lipinski definition) is 2. The maximum absolute atomic E-state index is 3.87. The zero-order valence-corrected chi connectivity index (χ0v) is 20.1. The van der Waals surface area contributed by atoms with Crippen LogP contribution >= 0.6 is 45.3 Å². The second-order valence-electron chi connectivity index (χ2n) is 7.75. The Morgan fingerprint density at radius 3 is 1.57 bits per heavy atom. The van der Waals surface area contributed by atoms with E-state index in [2.05, 4.69) is 69.9 Å². The molecule has 156 valence electrons. The van der Waals surface area contributed by atoms with Gasteiger partial charge in [-0.25, -0.2) is 0 Å². The molecule has 1 aliphatic rings. The molecule has 1 saturated carbocycles. The average Bonchev–Trinajstić information content (AvgIpc) is 3.57. The lowest BCUT2D eigenvalue weighted by molar-refractivity contribution is 0.282. The molecule has 2 nitrogen and oxygen atoms in total. The molecule has 0 bridgehead atoms. The molecule has 0 aromatic carbocycles. The summed E-state index contributed by atoms with van der Waals surface area (Å²) in [6.45, 7) is 1.95. The minimum atomic E-state index is 0.558. The van der Waals surface area contributed by atoms with E-state index in [0.29, 0.717) is 12.1 Å². The Labute approximate surface area is 194 Å². The summed E-state index contributed by atoms with van der Waals surface area (Å²) in [5.41, 5.74) is 0. The summed E-state index contributed by atoms with van der Waals surface area (Å²) in [5.74, 6) is 0. The lowest BCUT2D eigenvalue weighted by Crippen LogP contribution is -2.49. The fourth-order valence-electron chi connectivity index (χ4n) is 4.13. The van der Waals surface area contributed by atoms with Crippen molar-refractivity contribution in [2.45, 2.75) is 50.9 Å². The first-order chi connectivity index (χ1) is 14.8. The molecule has 4 heterocycles. The Morgan fingerprint density at radius 2 is 1.13 bits per heavy atom. The minimum absolute atomic E-state index is 0.558. The van der Waals surface area contributed by atoms with Gasteiger partial charge in [0.05, 0.1) is 0 Å². The molecular formula is C24H26N2S4. The van der Waals surface area contributed by atoms with Crippen molar-refractivity contribution in [2.75, 3.05) is 0 Å². The highest BCUT2D eigenvalue weighted by Gasteiger charge is 2.24. The van der Waals surface area contributed by atoms with Gasteiger partial charge >= 0.3 is 0 Å². The third kappa shape index (κ3) is 4.96. The maximum atomic E-state index is 3.87. The van der Waals surface area contributed by atoms with Gasteiger partial charge in [-0.15, -0.1) is 45.3 Å². The van der Waals surface area contributed by atoms with Gasteiger partial charge in [0.2, 0.25) is 0 Å². The van der Waals surface area contributed by atoms with Crippen LogP contribution in [-0.4, -0.2) is 12.1 Å². The molecule has 4 aromatic heterocycles. The number of hydrogen-bond acceptors (Lipinski definition) is 6. The van der Waals surface area contributed by atoms with Gasteiger partial charge in [-0.2, -0.15) is 0 Å². The molecule has 0 saturated heterocycles. The van der Waals surface area contributed by atoms with Crippen molar-refractivity contribution in [1.29, 1.82) is 0 Å². The van der Waals surface area contributed by atoms with Gasteiger partial charge in [-0.05, 0) is 60.0 Å². The molecule has 4 aromatic rings. The fraction of sp³-hybridized carbons (Fsp3) is 0.333. The van der Waals surface area contributed by atoms with Gasteiger partial charge < -0.3 is 10.6 Å². The van der Waals surface area contributed by atoms with E-state index in [-0.39, 0.29) is 0 Å². The lowest BCUT2D eigenvalue weighted by atomic mass is 9.90. The van der Waals surface area contributed by atoms with Crippen molar-refractivity contribution in [3.05, 3.63) is 69.0 Å². The van der Waals surface area contributed by atoms with E-state index in [1.165, 1.54) is 54.9 Å². The molecule has 0 aliphatic heterocycles. The van der Waals surface area contributed by atoms with Crippen LogP contribution in [0.15, 0.2) is 59.3 Å². The molecule has 2 N–H and O–H groups in total. The molecule has 6 heteroatoms. The van der Waals surface area contributed by atoms with Gasteiger partial charge in [0.1, 0.15) is 0 Å². The molecule has 0 spiro atoms. The van der Waals surface area contributed by atoms with E-state index >= 15 is 0 Å². The van der Waals surface area contributed by atoms with Crippen molar-refractivity contribution in [1.82, 2.24) is 10.6 Å². The summed E-state index contributed by atoms with van der Waals surface area (Å²) in [5, 5.41) is 12.0. The van der Waals surface area contributed by atoms with E-state index in [4.69, 9.17) is 0 Å². The van der Waals surface area contributed by atoms with Crippen LogP contribution in [0.1, 0.15) is 35.4 Å². The monoisotopic (exact) mass is 470 g/mol. The Hall–Kier alpha value is -1.28. The molecular weight excluding hydrogens is 445 g/mol. The summed E-state index contributed by atoms with van der Waals surface area (Å²) in [7, 11) is 0. The van der Waals surface area contributed by atoms with Crippen LogP contribution in [0.25, 0.3) is 19.5 Å². The van der Waals surface area contributed by atoms with Crippen LogP contribution in [0.4, 0.5) is 0 Å². The number of rotatable bonds is 8. The van der Waals surface area contributed by atoms with Gasteiger partial charge in [0, 0.05) is 54.4 Å². The van der Waals surface area contributed by atoms with Crippen molar-refractivity contribution in [3.8, 4) is 19.5 Å². The summed E-state index contributed by atoms with van der Waals surface area (Å²) in [6, 6.07) is 18.9. The highest BCUT2D eigenvalue weighted by atomic mass is 32.1. The molecule has 5 rings (SSSR count). The Bertz CT molecular complexity index is 945. The highest BCUT2D eigenvalue weighted by molar-refractivity contribution is 7.21. The zero-order valence-electron chi connectivity index (χ0n) is 16.8. The summed E-state index contributed by atoms with van der Waals surface area (Å²) >= 11 is 7.49. The first kappa shape index (κ1) is 20.6. The van der Waals surface area contributed by atoms with Gasteiger partial charge in [0.15, 0.2) is 0 Å². The third-order valence-electron chi connectivity index (χ3n) is 5.69. The first-order valence-electron chi connectivity index (χ1n) is 10.6. The SMILES string of the molecule is c1csc(-c2ccc(CNC3CCCCC3NCc3ccc(-c4cccs4)s3)s2)c1. The smallest absolute Gasteiger partial charge is 0.0445 e. The predicted molar refractivity (Wildman–Crippen MR) is 135 cm³/mol. The fourth-order valence-corrected chi connectivity index (χ4v) is 7.72. The Morgan fingerprint density at radius 1 is 0.633 bits per heavy atom. The molecule has 30 heavy (non-hydrogen) atoms. The van der Waals surface area contributed by atoms with Crippen LogP contribution in [-0.2, 0) is 13.1 Å². The van der Waals surface area contributed by atoms with E-state index < -0.39 is 0 Å². The lowest BCUT2D eigenvalue weighted by Gasteiger charge is -2.33. The van der Waals surface area contributed by atoms with Crippen LogP contribution in [0.2, 0.25) is 0 Å². The molecule has 2 atom stereocenters. The maximum Gasteiger partial charge on any atom is 0.0445 e. The second kappa shape index (κ2) is 9.90. The topological polar surface area (TPSA) is 24.1 Å². The Balaban J connectivity index is 1.16. The van der Waals surface area contributed by atoms with E-state index in [1.807, 2.05) is 45.3 Å².